The molecule has 2 aromatic rings. The van der Waals surface area contributed by atoms with Crippen LogP contribution in [0.2, 0.25) is 5.02 Å². The normalized spacial score (nSPS) is 10.2. The lowest BCUT2D eigenvalue weighted by Gasteiger charge is -2.13. The minimum absolute atomic E-state index is 0.202. The summed E-state index contributed by atoms with van der Waals surface area (Å²) in [6.07, 6.45) is 0.228. The smallest absolute Gasteiger partial charge is 0.226 e. The summed E-state index contributed by atoms with van der Waals surface area (Å²) in [7, 11) is 2.98. The maximum absolute atomic E-state index is 12.8. The van der Waals surface area contributed by atoms with Gasteiger partial charge in [0.05, 0.1) is 24.9 Å². The highest BCUT2D eigenvalue weighted by Crippen LogP contribution is 2.35. The monoisotopic (exact) mass is 352 g/mol. The van der Waals surface area contributed by atoms with Gasteiger partial charge >= 0.3 is 0 Å². The molecule has 0 heterocycles. The van der Waals surface area contributed by atoms with E-state index in [9.17, 15) is 9.18 Å². The van der Waals surface area contributed by atoms with Crippen LogP contribution in [0.3, 0.4) is 0 Å². The molecule has 0 saturated carbocycles. The summed E-state index contributed by atoms with van der Waals surface area (Å²) < 4.78 is 23.2. The third-order valence-electron chi connectivity index (χ3n) is 3.27. The third-order valence-corrected chi connectivity index (χ3v) is 3.57. The Labute approximate surface area is 144 Å². The minimum Gasteiger partial charge on any atom is -0.495 e. The van der Waals surface area contributed by atoms with Gasteiger partial charge in [0.1, 0.15) is 17.3 Å². The third kappa shape index (κ3) is 4.76. The molecular weight excluding hydrogens is 335 g/mol. The lowest BCUT2D eigenvalue weighted by molar-refractivity contribution is -0.116. The zero-order valence-electron chi connectivity index (χ0n) is 13.4. The first-order chi connectivity index (χ1) is 11.5. The number of benzene rings is 2. The molecule has 24 heavy (non-hydrogen) atoms. The molecule has 0 aliphatic rings. The number of methoxy groups -OCH3 is 2. The Kier molecular flexibility index (Phi) is 6.26. The van der Waals surface area contributed by atoms with Crippen LogP contribution >= 0.6 is 11.6 Å². The number of halogens is 2. The number of amides is 1. The van der Waals surface area contributed by atoms with Crippen molar-refractivity contribution >= 4 is 28.9 Å². The summed E-state index contributed by atoms with van der Waals surface area (Å²) in [5.41, 5.74) is 1.22. The summed E-state index contributed by atoms with van der Waals surface area (Å²) in [6.45, 7) is 0.407. The molecule has 7 heteroatoms. The van der Waals surface area contributed by atoms with Crippen LogP contribution in [0.25, 0.3) is 0 Å². The standard InChI is InChI=1S/C17H18ClFN2O3/c1-23-15-10-14(16(24-2)9-13(15)18)21-17(22)7-8-20-12-5-3-11(19)4-6-12/h3-6,9-10,20H,7-8H2,1-2H3,(H,21,22). The topological polar surface area (TPSA) is 59.6 Å². The lowest BCUT2D eigenvalue weighted by Crippen LogP contribution is -2.16. The van der Waals surface area contributed by atoms with E-state index in [1.54, 1.807) is 24.3 Å². The molecule has 128 valence electrons. The zero-order chi connectivity index (χ0) is 17.5. The Morgan fingerprint density at radius 3 is 2.42 bits per heavy atom. The molecule has 0 aliphatic heterocycles. The molecular formula is C17H18ClFN2O3. The fourth-order valence-electron chi connectivity index (χ4n) is 2.06. The molecule has 1 amide bonds. The second-order valence-corrected chi connectivity index (χ2v) is 5.33. The number of rotatable bonds is 7. The van der Waals surface area contributed by atoms with Crippen LogP contribution in [0.4, 0.5) is 15.8 Å². The Morgan fingerprint density at radius 1 is 1.12 bits per heavy atom. The van der Waals surface area contributed by atoms with Crippen molar-refractivity contribution in [3.05, 3.63) is 47.2 Å². The average molecular weight is 353 g/mol. The van der Waals surface area contributed by atoms with E-state index in [-0.39, 0.29) is 18.1 Å². The summed E-state index contributed by atoms with van der Waals surface area (Å²) in [6, 6.07) is 9.11. The molecule has 2 aromatic carbocycles. The predicted molar refractivity (Wildman–Crippen MR) is 92.7 cm³/mol. The largest absolute Gasteiger partial charge is 0.495 e. The number of anilines is 2. The number of nitrogens with one attached hydrogen (secondary N) is 2. The number of ether oxygens (including phenoxy) is 2. The van der Waals surface area contributed by atoms with Gasteiger partial charge in [-0.3, -0.25) is 4.79 Å². The van der Waals surface area contributed by atoms with Crippen molar-refractivity contribution in [2.45, 2.75) is 6.42 Å². The summed E-state index contributed by atoms with van der Waals surface area (Å²) in [5, 5.41) is 6.19. The second kappa shape index (κ2) is 8.40. The van der Waals surface area contributed by atoms with Crippen LogP contribution in [0.1, 0.15) is 6.42 Å². The first-order valence-electron chi connectivity index (χ1n) is 7.24. The van der Waals surface area contributed by atoms with Gasteiger partial charge in [0.2, 0.25) is 5.91 Å². The number of hydrogen-bond acceptors (Lipinski definition) is 4. The van der Waals surface area contributed by atoms with Crippen molar-refractivity contribution in [1.82, 2.24) is 0 Å². The summed E-state index contributed by atoms with van der Waals surface area (Å²) in [5.74, 6) is 0.382. The summed E-state index contributed by atoms with van der Waals surface area (Å²) >= 11 is 6.02. The number of carbonyl (C=O) groups excluding carboxylic acids is 1. The van der Waals surface area contributed by atoms with Crippen molar-refractivity contribution < 1.29 is 18.7 Å². The highest BCUT2D eigenvalue weighted by atomic mass is 35.5. The molecule has 0 spiro atoms. The van der Waals surface area contributed by atoms with E-state index >= 15 is 0 Å². The van der Waals surface area contributed by atoms with Crippen molar-refractivity contribution in [2.75, 3.05) is 31.4 Å². The van der Waals surface area contributed by atoms with E-state index in [4.69, 9.17) is 21.1 Å². The van der Waals surface area contributed by atoms with Gasteiger partial charge in [-0.15, -0.1) is 0 Å². The Morgan fingerprint density at radius 2 is 1.79 bits per heavy atom. The van der Waals surface area contributed by atoms with Gasteiger partial charge in [-0.25, -0.2) is 4.39 Å². The highest BCUT2D eigenvalue weighted by Gasteiger charge is 2.12. The molecule has 0 unspecified atom stereocenters. The van der Waals surface area contributed by atoms with Crippen molar-refractivity contribution in [2.24, 2.45) is 0 Å². The minimum atomic E-state index is -0.304. The Hall–Kier alpha value is -2.47. The molecule has 0 radical (unpaired) electrons. The number of carbonyl (C=O) groups is 1. The maximum Gasteiger partial charge on any atom is 0.226 e. The molecule has 2 N–H and O–H groups in total. The van der Waals surface area contributed by atoms with Crippen LogP contribution in [-0.2, 0) is 4.79 Å². The van der Waals surface area contributed by atoms with Crippen LogP contribution in [-0.4, -0.2) is 26.7 Å². The van der Waals surface area contributed by atoms with Gasteiger partial charge in [-0.2, -0.15) is 0 Å². The fraction of sp³-hybridized carbons (Fsp3) is 0.235. The lowest BCUT2D eigenvalue weighted by atomic mass is 10.2. The van der Waals surface area contributed by atoms with Gasteiger partial charge in [0.15, 0.2) is 0 Å². The first-order valence-corrected chi connectivity index (χ1v) is 7.62. The van der Waals surface area contributed by atoms with Crippen LogP contribution < -0.4 is 20.1 Å². The molecule has 0 fully saturated rings. The zero-order valence-corrected chi connectivity index (χ0v) is 14.1. The molecule has 0 bridgehead atoms. The first kappa shape index (κ1) is 17.9. The molecule has 0 saturated heterocycles. The molecule has 0 aromatic heterocycles. The number of hydrogen-bond donors (Lipinski definition) is 2. The summed E-state index contributed by atoms with van der Waals surface area (Å²) in [4.78, 5) is 12.1. The van der Waals surface area contributed by atoms with E-state index in [0.717, 1.165) is 5.69 Å². The molecule has 5 nitrogen and oxygen atoms in total. The second-order valence-electron chi connectivity index (χ2n) is 4.92. The van der Waals surface area contributed by atoms with E-state index in [2.05, 4.69) is 10.6 Å². The van der Waals surface area contributed by atoms with E-state index < -0.39 is 0 Å². The van der Waals surface area contributed by atoms with Crippen molar-refractivity contribution in [3.63, 3.8) is 0 Å². The van der Waals surface area contributed by atoms with Crippen LogP contribution in [0.5, 0.6) is 11.5 Å². The quantitative estimate of drug-likeness (QED) is 0.792. The molecule has 0 aliphatic carbocycles. The van der Waals surface area contributed by atoms with Gasteiger partial charge in [-0.1, -0.05) is 11.6 Å². The predicted octanol–water partition coefficient (Wildman–Crippen LogP) is 3.94. The van der Waals surface area contributed by atoms with E-state index in [0.29, 0.717) is 28.8 Å². The SMILES string of the molecule is COc1cc(NC(=O)CCNc2ccc(F)cc2)c(OC)cc1Cl. The molecule has 2 rings (SSSR count). The van der Waals surface area contributed by atoms with Crippen molar-refractivity contribution in [3.8, 4) is 11.5 Å². The fourth-order valence-corrected chi connectivity index (χ4v) is 2.29. The van der Waals surface area contributed by atoms with E-state index in [1.807, 2.05) is 0 Å². The van der Waals surface area contributed by atoms with Gasteiger partial charge in [-0.05, 0) is 24.3 Å². The average Bonchev–Trinajstić information content (AvgIpc) is 2.57. The van der Waals surface area contributed by atoms with Gasteiger partial charge in [0, 0.05) is 30.8 Å². The van der Waals surface area contributed by atoms with Gasteiger partial charge < -0.3 is 20.1 Å². The van der Waals surface area contributed by atoms with Gasteiger partial charge in [0.25, 0.3) is 0 Å². The van der Waals surface area contributed by atoms with Crippen LogP contribution in [0, 0.1) is 5.82 Å². The maximum atomic E-state index is 12.8. The van der Waals surface area contributed by atoms with Crippen molar-refractivity contribution in [1.29, 1.82) is 0 Å². The highest BCUT2D eigenvalue weighted by molar-refractivity contribution is 6.32. The van der Waals surface area contributed by atoms with Crippen LogP contribution in [0.15, 0.2) is 36.4 Å². The Bertz CT molecular complexity index is 708. The Balaban J connectivity index is 1.93. The molecule has 0 atom stereocenters. The van der Waals surface area contributed by atoms with E-state index in [1.165, 1.54) is 26.4 Å².